The number of nitrogens with zero attached hydrogens (tertiary/aromatic N) is 1. The number of ether oxygens (including phenoxy) is 1. The van der Waals surface area contributed by atoms with Crippen molar-refractivity contribution in [2.45, 2.75) is 19.9 Å². The molecule has 128 valence electrons. The molecule has 0 saturated carbocycles. The molecule has 0 atom stereocenters. The molecule has 2 aromatic carbocycles. The Morgan fingerprint density at radius 3 is 2.80 bits per heavy atom. The Balaban J connectivity index is 1.55. The summed E-state index contributed by atoms with van der Waals surface area (Å²) >= 11 is 1.56. The highest BCUT2D eigenvalue weighted by Crippen LogP contribution is 2.23. The molecule has 0 radical (unpaired) electrons. The van der Waals surface area contributed by atoms with E-state index >= 15 is 0 Å². The number of rotatable bonds is 7. The zero-order valence-electron chi connectivity index (χ0n) is 14.1. The van der Waals surface area contributed by atoms with Crippen molar-refractivity contribution < 1.29 is 9.53 Å². The van der Waals surface area contributed by atoms with Gasteiger partial charge in [0.15, 0.2) is 0 Å². The van der Waals surface area contributed by atoms with Gasteiger partial charge in [-0.1, -0.05) is 42.5 Å². The van der Waals surface area contributed by atoms with Crippen LogP contribution in [0.3, 0.4) is 0 Å². The Hall–Kier alpha value is -2.66. The second-order valence-corrected chi connectivity index (χ2v) is 6.40. The van der Waals surface area contributed by atoms with E-state index in [1.165, 1.54) is 0 Å². The Morgan fingerprint density at radius 2 is 2.00 bits per heavy atom. The third-order valence-corrected chi connectivity index (χ3v) is 4.55. The van der Waals surface area contributed by atoms with E-state index in [-0.39, 0.29) is 12.3 Å². The predicted molar refractivity (Wildman–Crippen MR) is 101 cm³/mol. The fourth-order valence-electron chi connectivity index (χ4n) is 2.44. The number of aromatic nitrogens is 1. The molecule has 1 aromatic heterocycles. The number of carbonyl (C=O) groups excluding carboxylic acids is 1. The molecular weight excluding hydrogens is 332 g/mol. The lowest BCUT2D eigenvalue weighted by atomic mass is 10.2. The van der Waals surface area contributed by atoms with Gasteiger partial charge in [0.25, 0.3) is 0 Å². The molecule has 0 aliphatic heterocycles. The fourth-order valence-corrected chi connectivity index (χ4v) is 3.27. The van der Waals surface area contributed by atoms with Crippen LogP contribution < -0.4 is 10.1 Å². The largest absolute Gasteiger partial charge is 0.494 e. The van der Waals surface area contributed by atoms with Crippen molar-refractivity contribution in [1.29, 1.82) is 0 Å². The predicted octanol–water partition coefficient (Wildman–Crippen LogP) is 4.07. The summed E-state index contributed by atoms with van der Waals surface area (Å²) in [6.45, 7) is 3.06. The Bertz CT molecular complexity index is 830. The number of nitrogens with one attached hydrogen (secondary N) is 1. The lowest BCUT2D eigenvalue weighted by Crippen LogP contribution is -2.24. The standard InChI is InChI=1S/C20H20N2O2S/c1-2-24-18-10-6-7-15(11-18)13-21-19(23)12-17-14-25-20(22-17)16-8-4-3-5-9-16/h3-11,14H,2,12-13H2,1H3,(H,21,23). The van der Waals surface area contributed by atoms with Crippen molar-refractivity contribution in [1.82, 2.24) is 10.3 Å². The highest BCUT2D eigenvalue weighted by Gasteiger charge is 2.09. The van der Waals surface area contributed by atoms with Gasteiger partial charge in [0.2, 0.25) is 5.91 Å². The third-order valence-electron chi connectivity index (χ3n) is 3.61. The van der Waals surface area contributed by atoms with Gasteiger partial charge in [0.05, 0.1) is 18.7 Å². The van der Waals surface area contributed by atoms with Crippen LogP contribution in [0.2, 0.25) is 0 Å². The number of hydrogen-bond acceptors (Lipinski definition) is 4. The van der Waals surface area contributed by atoms with Gasteiger partial charge in [-0.2, -0.15) is 0 Å². The van der Waals surface area contributed by atoms with Crippen LogP contribution in [0.5, 0.6) is 5.75 Å². The normalized spacial score (nSPS) is 10.4. The van der Waals surface area contributed by atoms with Crippen LogP contribution in [0, 0.1) is 0 Å². The molecule has 3 aromatic rings. The van der Waals surface area contributed by atoms with Gasteiger partial charge in [0.1, 0.15) is 10.8 Å². The molecule has 5 heteroatoms. The Morgan fingerprint density at radius 1 is 1.16 bits per heavy atom. The molecule has 25 heavy (non-hydrogen) atoms. The van der Waals surface area contributed by atoms with Gasteiger partial charge in [-0.25, -0.2) is 4.98 Å². The van der Waals surface area contributed by atoms with Crippen LogP contribution >= 0.6 is 11.3 Å². The molecule has 1 N–H and O–H groups in total. The van der Waals surface area contributed by atoms with Crippen LogP contribution in [0.1, 0.15) is 18.2 Å². The van der Waals surface area contributed by atoms with Crippen molar-refractivity contribution in [2.24, 2.45) is 0 Å². The molecule has 0 fully saturated rings. The molecule has 0 spiro atoms. The summed E-state index contributed by atoms with van der Waals surface area (Å²) in [6, 6.07) is 17.8. The van der Waals surface area contributed by atoms with Gasteiger partial charge in [-0.3, -0.25) is 4.79 Å². The van der Waals surface area contributed by atoms with Gasteiger partial charge in [-0.15, -0.1) is 11.3 Å². The SMILES string of the molecule is CCOc1cccc(CNC(=O)Cc2csc(-c3ccccc3)n2)c1. The minimum Gasteiger partial charge on any atom is -0.494 e. The van der Waals surface area contributed by atoms with Crippen molar-refractivity contribution in [3.8, 4) is 16.3 Å². The molecule has 4 nitrogen and oxygen atoms in total. The van der Waals surface area contributed by atoms with Crippen LogP contribution in [0.25, 0.3) is 10.6 Å². The first-order valence-electron chi connectivity index (χ1n) is 8.23. The summed E-state index contributed by atoms with van der Waals surface area (Å²) in [4.78, 5) is 16.7. The number of benzene rings is 2. The molecule has 0 bridgehead atoms. The summed E-state index contributed by atoms with van der Waals surface area (Å²) < 4.78 is 5.47. The first kappa shape index (κ1) is 17.2. The maximum absolute atomic E-state index is 12.2. The summed E-state index contributed by atoms with van der Waals surface area (Å²) in [5, 5.41) is 5.82. The minimum absolute atomic E-state index is 0.0354. The van der Waals surface area contributed by atoms with E-state index in [0.29, 0.717) is 13.2 Å². The quantitative estimate of drug-likeness (QED) is 0.697. The molecule has 3 rings (SSSR count). The Kier molecular flexibility index (Phi) is 5.80. The summed E-state index contributed by atoms with van der Waals surface area (Å²) in [5.41, 5.74) is 2.89. The van der Waals surface area contributed by atoms with Gasteiger partial charge in [0, 0.05) is 17.5 Å². The van der Waals surface area contributed by atoms with E-state index < -0.39 is 0 Å². The molecule has 0 aliphatic rings. The second-order valence-electron chi connectivity index (χ2n) is 5.54. The number of hydrogen-bond donors (Lipinski definition) is 1. The highest BCUT2D eigenvalue weighted by molar-refractivity contribution is 7.13. The maximum Gasteiger partial charge on any atom is 0.226 e. The molecule has 0 aliphatic carbocycles. The fraction of sp³-hybridized carbons (Fsp3) is 0.200. The van der Waals surface area contributed by atoms with E-state index in [9.17, 15) is 4.79 Å². The second kappa shape index (κ2) is 8.44. The van der Waals surface area contributed by atoms with Crippen LogP contribution in [-0.4, -0.2) is 17.5 Å². The molecular formula is C20H20N2O2S. The van der Waals surface area contributed by atoms with E-state index in [1.54, 1.807) is 11.3 Å². The lowest BCUT2D eigenvalue weighted by Gasteiger charge is -2.07. The summed E-state index contributed by atoms with van der Waals surface area (Å²) in [6.07, 6.45) is 0.286. The zero-order valence-corrected chi connectivity index (χ0v) is 14.9. The van der Waals surface area contributed by atoms with Crippen LogP contribution in [0.4, 0.5) is 0 Å². The smallest absolute Gasteiger partial charge is 0.226 e. The lowest BCUT2D eigenvalue weighted by molar-refractivity contribution is -0.120. The number of amides is 1. The average Bonchev–Trinajstić information content (AvgIpc) is 3.10. The Labute approximate surface area is 151 Å². The molecule has 1 amide bonds. The average molecular weight is 352 g/mol. The monoisotopic (exact) mass is 352 g/mol. The van der Waals surface area contributed by atoms with E-state index in [2.05, 4.69) is 10.3 Å². The number of thiazole rings is 1. The van der Waals surface area contributed by atoms with E-state index in [4.69, 9.17) is 4.74 Å². The van der Waals surface area contributed by atoms with Crippen molar-refractivity contribution >= 4 is 17.2 Å². The topological polar surface area (TPSA) is 51.2 Å². The van der Waals surface area contributed by atoms with Gasteiger partial charge < -0.3 is 10.1 Å². The number of carbonyl (C=O) groups is 1. The first-order valence-corrected chi connectivity index (χ1v) is 9.11. The maximum atomic E-state index is 12.2. The first-order chi connectivity index (χ1) is 12.2. The van der Waals surface area contributed by atoms with Crippen LogP contribution in [0.15, 0.2) is 60.0 Å². The van der Waals surface area contributed by atoms with Crippen molar-refractivity contribution in [2.75, 3.05) is 6.61 Å². The summed E-state index contributed by atoms with van der Waals surface area (Å²) in [7, 11) is 0. The molecule has 0 saturated heterocycles. The minimum atomic E-state index is -0.0354. The van der Waals surface area contributed by atoms with Gasteiger partial charge >= 0.3 is 0 Å². The third kappa shape index (κ3) is 4.90. The van der Waals surface area contributed by atoms with Gasteiger partial charge in [-0.05, 0) is 24.6 Å². The highest BCUT2D eigenvalue weighted by atomic mass is 32.1. The van der Waals surface area contributed by atoms with E-state index in [1.807, 2.05) is 66.9 Å². The van der Waals surface area contributed by atoms with Crippen molar-refractivity contribution in [3.63, 3.8) is 0 Å². The molecule has 0 unspecified atom stereocenters. The molecule has 1 heterocycles. The van der Waals surface area contributed by atoms with Crippen molar-refractivity contribution in [3.05, 3.63) is 71.2 Å². The zero-order chi connectivity index (χ0) is 17.5. The summed E-state index contributed by atoms with van der Waals surface area (Å²) in [5.74, 6) is 0.785. The van der Waals surface area contributed by atoms with E-state index in [0.717, 1.165) is 27.6 Å². The van der Waals surface area contributed by atoms with Crippen LogP contribution in [-0.2, 0) is 17.8 Å².